The monoisotopic (exact) mass is 263 g/mol. The first-order valence-electron chi connectivity index (χ1n) is 6.29. The van der Waals surface area contributed by atoms with E-state index < -0.39 is 0 Å². The second-order valence-electron chi connectivity index (χ2n) is 5.09. The van der Waals surface area contributed by atoms with Crippen molar-refractivity contribution >= 4 is 17.5 Å². The summed E-state index contributed by atoms with van der Waals surface area (Å²) in [6.07, 6.45) is 0.824. The third-order valence-electron chi connectivity index (χ3n) is 2.94. The van der Waals surface area contributed by atoms with Crippen molar-refractivity contribution in [1.82, 2.24) is 10.6 Å². The zero-order valence-corrected chi connectivity index (χ0v) is 11.6. The summed E-state index contributed by atoms with van der Waals surface area (Å²) in [7, 11) is 0. The number of amides is 2. The quantitative estimate of drug-likeness (QED) is 0.700. The molecular weight excluding hydrogens is 242 g/mol. The van der Waals surface area contributed by atoms with Crippen LogP contribution < -0.4 is 16.4 Å². The molecule has 19 heavy (non-hydrogen) atoms. The van der Waals surface area contributed by atoms with E-state index in [1.165, 1.54) is 0 Å². The number of hydrogen-bond donors (Lipinski definition) is 3. The number of hydrogen-bond acceptors (Lipinski definition) is 3. The van der Waals surface area contributed by atoms with E-state index in [1.807, 2.05) is 20.8 Å². The Kier molecular flexibility index (Phi) is 4.92. The maximum atomic E-state index is 11.8. The molecule has 0 unspecified atom stereocenters. The topological polar surface area (TPSA) is 84.2 Å². The molecule has 0 atom stereocenters. The predicted molar refractivity (Wildman–Crippen MR) is 75.7 cm³/mol. The molecule has 0 aliphatic carbocycles. The highest BCUT2D eigenvalue weighted by Gasteiger charge is 2.18. The molecule has 1 rings (SSSR count). The van der Waals surface area contributed by atoms with Gasteiger partial charge in [-0.05, 0) is 44.5 Å². The zero-order valence-electron chi connectivity index (χ0n) is 11.6. The van der Waals surface area contributed by atoms with Crippen LogP contribution in [0.3, 0.4) is 0 Å². The van der Waals surface area contributed by atoms with Crippen molar-refractivity contribution in [3.8, 4) is 0 Å². The minimum atomic E-state index is -0.288. The van der Waals surface area contributed by atoms with Crippen LogP contribution in [0.15, 0.2) is 24.3 Å². The Labute approximate surface area is 113 Å². The largest absolute Gasteiger partial charge is 0.399 e. The van der Waals surface area contributed by atoms with Crippen LogP contribution in [-0.2, 0) is 4.79 Å². The molecule has 0 heterocycles. The summed E-state index contributed by atoms with van der Waals surface area (Å²) in [5.74, 6) is -0.486. The van der Waals surface area contributed by atoms with Gasteiger partial charge in [-0.3, -0.25) is 9.59 Å². The van der Waals surface area contributed by atoms with Gasteiger partial charge in [0.2, 0.25) is 5.91 Å². The molecule has 1 aromatic rings. The van der Waals surface area contributed by atoms with Gasteiger partial charge in [-0.25, -0.2) is 0 Å². The molecule has 4 N–H and O–H groups in total. The van der Waals surface area contributed by atoms with Gasteiger partial charge in [0.25, 0.3) is 5.91 Å². The summed E-state index contributed by atoms with van der Waals surface area (Å²) in [5.41, 5.74) is 6.36. The highest BCUT2D eigenvalue weighted by Crippen LogP contribution is 2.06. The molecule has 104 valence electrons. The van der Waals surface area contributed by atoms with Crippen molar-refractivity contribution < 1.29 is 9.59 Å². The fourth-order valence-corrected chi connectivity index (χ4v) is 1.41. The molecule has 2 amide bonds. The van der Waals surface area contributed by atoms with Gasteiger partial charge in [0, 0.05) is 16.8 Å². The number of carbonyl (C=O) groups excluding carboxylic acids is 2. The molecule has 0 bridgehead atoms. The second kappa shape index (κ2) is 6.22. The molecule has 0 aliphatic heterocycles. The molecule has 0 fully saturated rings. The zero-order chi connectivity index (χ0) is 14.5. The Morgan fingerprint density at radius 3 is 2.32 bits per heavy atom. The maximum Gasteiger partial charge on any atom is 0.251 e. The Morgan fingerprint density at radius 1 is 1.21 bits per heavy atom. The van der Waals surface area contributed by atoms with E-state index in [2.05, 4.69) is 10.6 Å². The van der Waals surface area contributed by atoms with Crippen LogP contribution in [-0.4, -0.2) is 23.9 Å². The second-order valence-corrected chi connectivity index (χ2v) is 5.09. The molecule has 0 aliphatic rings. The SMILES string of the molecule is CCC(C)(C)NC(=O)CNC(=O)c1ccc(N)cc1. The van der Waals surface area contributed by atoms with E-state index in [4.69, 9.17) is 5.73 Å². The van der Waals surface area contributed by atoms with Gasteiger partial charge in [0.1, 0.15) is 0 Å². The van der Waals surface area contributed by atoms with E-state index in [0.29, 0.717) is 11.3 Å². The fraction of sp³-hybridized carbons (Fsp3) is 0.429. The third-order valence-corrected chi connectivity index (χ3v) is 2.94. The summed E-state index contributed by atoms with van der Waals surface area (Å²) < 4.78 is 0. The van der Waals surface area contributed by atoms with Crippen molar-refractivity contribution in [2.75, 3.05) is 12.3 Å². The Hall–Kier alpha value is -2.04. The summed E-state index contributed by atoms with van der Waals surface area (Å²) in [6.45, 7) is 5.83. The van der Waals surface area contributed by atoms with Gasteiger partial charge >= 0.3 is 0 Å². The van der Waals surface area contributed by atoms with Gasteiger partial charge in [-0.1, -0.05) is 6.92 Å². The first-order chi connectivity index (χ1) is 8.84. The van der Waals surface area contributed by atoms with Crippen molar-refractivity contribution in [3.05, 3.63) is 29.8 Å². The van der Waals surface area contributed by atoms with Crippen LogP contribution in [0.25, 0.3) is 0 Å². The predicted octanol–water partition coefficient (Wildman–Crippen LogP) is 1.30. The smallest absolute Gasteiger partial charge is 0.251 e. The molecule has 0 radical (unpaired) electrons. The lowest BCUT2D eigenvalue weighted by Gasteiger charge is -2.24. The molecule has 0 saturated carbocycles. The molecular formula is C14H21N3O2. The Bertz CT molecular complexity index is 452. The summed E-state index contributed by atoms with van der Waals surface area (Å²) in [4.78, 5) is 23.4. The Morgan fingerprint density at radius 2 is 1.79 bits per heavy atom. The number of nitrogen functional groups attached to an aromatic ring is 1. The van der Waals surface area contributed by atoms with Gasteiger partial charge < -0.3 is 16.4 Å². The molecule has 5 nitrogen and oxygen atoms in total. The standard InChI is InChI=1S/C14H21N3O2/c1-4-14(2,3)17-12(18)9-16-13(19)10-5-7-11(15)8-6-10/h5-8H,4,9,15H2,1-3H3,(H,16,19)(H,17,18). The first-order valence-corrected chi connectivity index (χ1v) is 6.29. The van der Waals surface area contributed by atoms with E-state index in [-0.39, 0.29) is 23.9 Å². The fourth-order valence-electron chi connectivity index (χ4n) is 1.41. The van der Waals surface area contributed by atoms with Gasteiger partial charge in [-0.15, -0.1) is 0 Å². The van der Waals surface area contributed by atoms with Crippen molar-refractivity contribution in [2.45, 2.75) is 32.7 Å². The van der Waals surface area contributed by atoms with Crippen LogP contribution in [0.1, 0.15) is 37.6 Å². The molecule has 0 saturated heterocycles. The van der Waals surface area contributed by atoms with Gasteiger partial charge in [-0.2, -0.15) is 0 Å². The number of nitrogens with two attached hydrogens (primary N) is 1. The maximum absolute atomic E-state index is 11.8. The molecule has 0 aromatic heterocycles. The van der Waals surface area contributed by atoms with Gasteiger partial charge in [0.15, 0.2) is 0 Å². The molecule has 5 heteroatoms. The highest BCUT2D eigenvalue weighted by atomic mass is 16.2. The lowest BCUT2D eigenvalue weighted by Crippen LogP contribution is -2.47. The van der Waals surface area contributed by atoms with E-state index in [9.17, 15) is 9.59 Å². The summed E-state index contributed by atoms with van der Waals surface area (Å²) in [5, 5.41) is 5.42. The summed E-state index contributed by atoms with van der Waals surface area (Å²) >= 11 is 0. The van der Waals surface area contributed by atoms with E-state index in [1.54, 1.807) is 24.3 Å². The number of nitrogens with one attached hydrogen (secondary N) is 2. The average molecular weight is 263 g/mol. The van der Waals surface area contributed by atoms with Crippen molar-refractivity contribution in [1.29, 1.82) is 0 Å². The number of benzene rings is 1. The van der Waals surface area contributed by atoms with Crippen molar-refractivity contribution in [3.63, 3.8) is 0 Å². The summed E-state index contributed by atoms with van der Waals surface area (Å²) in [6, 6.07) is 6.54. The molecule has 1 aromatic carbocycles. The normalized spacial score (nSPS) is 10.9. The number of carbonyl (C=O) groups is 2. The van der Waals surface area contributed by atoms with Gasteiger partial charge in [0.05, 0.1) is 6.54 Å². The van der Waals surface area contributed by atoms with E-state index >= 15 is 0 Å². The lowest BCUT2D eigenvalue weighted by molar-refractivity contribution is -0.121. The highest BCUT2D eigenvalue weighted by molar-refractivity contribution is 5.96. The van der Waals surface area contributed by atoms with Crippen LogP contribution >= 0.6 is 0 Å². The van der Waals surface area contributed by atoms with Crippen LogP contribution in [0.4, 0.5) is 5.69 Å². The van der Waals surface area contributed by atoms with Crippen LogP contribution in [0.2, 0.25) is 0 Å². The van der Waals surface area contributed by atoms with Crippen molar-refractivity contribution in [2.24, 2.45) is 0 Å². The Balaban J connectivity index is 2.46. The third kappa shape index (κ3) is 4.99. The average Bonchev–Trinajstić information content (AvgIpc) is 2.36. The minimum Gasteiger partial charge on any atom is -0.399 e. The lowest BCUT2D eigenvalue weighted by atomic mass is 10.0. The van der Waals surface area contributed by atoms with E-state index in [0.717, 1.165) is 6.42 Å². The van der Waals surface area contributed by atoms with Crippen LogP contribution in [0, 0.1) is 0 Å². The van der Waals surface area contributed by atoms with Crippen LogP contribution in [0.5, 0.6) is 0 Å². The minimum absolute atomic E-state index is 0.0351. The number of rotatable bonds is 5. The number of anilines is 1. The first kappa shape index (κ1) is 15.0. The molecule has 0 spiro atoms.